The smallest absolute Gasteiger partial charge is 0.243 e. The summed E-state index contributed by atoms with van der Waals surface area (Å²) in [6.45, 7) is 5.40. The summed E-state index contributed by atoms with van der Waals surface area (Å²) in [5, 5.41) is 8.94. The van der Waals surface area contributed by atoms with E-state index in [1.807, 2.05) is 18.7 Å². The van der Waals surface area contributed by atoms with E-state index in [9.17, 15) is 17.2 Å². The van der Waals surface area contributed by atoms with Crippen LogP contribution in [-0.2, 0) is 16.6 Å². The molecule has 0 atom stereocenters. The lowest BCUT2D eigenvalue weighted by Gasteiger charge is -2.18. The van der Waals surface area contributed by atoms with Crippen LogP contribution in [0.4, 0.5) is 8.78 Å². The van der Waals surface area contributed by atoms with Crippen LogP contribution in [0.15, 0.2) is 17.0 Å². The van der Waals surface area contributed by atoms with Gasteiger partial charge < -0.3 is 10.0 Å². The highest BCUT2D eigenvalue weighted by Crippen LogP contribution is 2.19. The summed E-state index contributed by atoms with van der Waals surface area (Å²) < 4.78 is 53.2. The first-order chi connectivity index (χ1) is 9.85. The van der Waals surface area contributed by atoms with Gasteiger partial charge in [-0.3, -0.25) is 0 Å². The molecule has 0 aliphatic heterocycles. The molecule has 0 unspecified atom stereocenters. The number of halogens is 2. The van der Waals surface area contributed by atoms with E-state index in [1.165, 1.54) is 0 Å². The summed E-state index contributed by atoms with van der Waals surface area (Å²) in [4.78, 5) is 1.20. The Morgan fingerprint density at radius 1 is 1.24 bits per heavy atom. The summed E-state index contributed by atoms with van der Waals surface area (Å²) in [5.74, 6) is -2.74. The van der Waals surface area contributed by atoms with Gasteiger partial charge in [0, 0.05) is 13.1 Å². The number of likely N-dealkylation sites (N-methyl/N-ethyl adjacent to an activating group) is 1. The van der Waals surface area contributed by atoms with Gasteiger partial charge in [0.15, 0.2) is 11.6 Å². The normalized spacial score (nSPS) is 12.1. The molecule has 5 nitrogen and oxygen atoms in total. The summed E-state index contributed by atoms with van der Waals surface area (Å²) >= 11 is 0. The van der Waals surface area contributed by atoms with Crippen LogP contribution in [0, 0.1) is 11.6 Å². The molecule has 0 aromatic heterocycles. The van der Waals surface area contributed by atoms with Gasteiger partial charge in [0.1, 0.15) is 4.90 Å². The zero-order valence-electron chi connectivity index (χ0n) is 12.1. The topological polar surface area (TPSA) is 69.6 Å². The van der Waals surface area contributed by atoms with E-state index in [4.69, 9.17) is 5.11 Å². The molecular formula is C13H20F2N2O3S. The second kappa shape index (κ2) is 7.79. The molecule has 0 aliphatic rings. The van der Waals surface area contributed by atoms with Crippen LogP contribution >= 0.6 is 0 Å². The molecule has 0 saturated carbocycles. The first-order valence-corrected chi connectivity index (χ1v) is 8.14. The molecule has 8 heteroatoms. The van der Waals surface area contributed by atoms with Crippen molar-refractivity contribution in [3.8, 4) is 0 Å². The van der Waals surface area contributed by atoms with Gasteiger partial charge in [-0.1, -0.05) is 13.8 Å². The standard InChI is InChI=1S/C13H20F2N2O3S/c1-3-17(4-2)6-5-16-21(19,20)12-8-10(9-18)7-11(14)13(12)15/h7-8,16,18H,3-6,9H2,1-2H3. The van der Waals surface area contributed by atoms with E-state index >= 15 is 0 Å². The Hall–Kier alpha value is -1.09. The Morgan fingerprint density at radius 2 is 1.86 bits per heavy atom. The molecule has 1 rings (SSSR count). The van der Waals surface area contributed by atoms with Gasteiger partial charge in [0.25, 0.3) is 0 Å². The van der Waals surface area contributed by atoms with Crippen molar-refractivity contribution in [1.82, 2.24) is 9.62 Å². The van der Waals surface area contributed by atoms with Crippen molar-refractivity contribution in [3.05, 3.63) is 29.3 Å². The molecule has 120 valence electrons. The average Bonchev–Trinajstić information content (AvgIpc) is 2.46. The van der Waals surface area contributed by atoms with Gasteiger partial charge in [-0.25, -0.2) is 21.9 Å². The highest BCUT2D eigenvalue weighted by Gasteiger charge is 2.22. The highest BCUT2D eigenvalue weighted by molar-refractivity contribution is 7.89. The zero-order valence-corrected chi connectivity index (χ0v) is 12.9. The SMILES string of the molecule is CCN(CC)CCNS(=O)(=O)c1cc(CO)cc(F)c1F. The predicted octanol–water partition coefficient (Wildman–Crippen LogP) is 1.08. The van der Waals surface area contributed by atoms with Crippen LogP contribution in [0.1, 0.15) is 19.4 Å². The van der Waals surface area contributed by atoms with Gasteiger partial charge in [0.2, 0.25) is 10.0 Å². The van der Waals surface area contributed by atoms with Crippen LogP contribution in [-0.4, -0.2) is 44.6 Å². The fourth-order valence-corrected chi connectivity index (χ4v) is 3.02. The Bertz CT molecular complexity index is 575. The van der Waals surface area contributed by atoms with Gasteiger partial charge in [-0.05, 0) is 30.8 Å². The summed E-state index contributed by atoms with van der Waals surface area (Å²) in [6, 6.07) is 1.70. The van der Waals surface area contributed by atoms with E-state index in [-0.39, 0.29) is 12.1 Å². The maximum atomic E-state index is 13.6. The third-order valence-corrected chi connectivity index (χ3v) is 4.60. The van der Waals surface area contributed by atoms with Crippen molar-refractivity contribution >= 4 is 10.0 Å². The molecule has 1 aromatic rings. The second-order valence-corrected chi connectivity index (χ2v) is 6.21. The van der Waals surface area contributed by atoms with Gasteiger partial charge >= 0.3 is 0 Å². The fraction of sp³-hybridized carbons (Fsp3) is 0.538. The Kier molecular flexibility index (Phi) is 6.66. The Morgan fingerprint density at radius 3 is 2.38 bits per heavy atom. The lowest BCUT2D eigenvalue weighted by molar-refractivity contribution is 0.280. The number of aliphatic hydroxyl groups is 1. The number of aliphatic hydroxyl groups excluding tert-OH is 1. The summed E-state index contributed by atoms with van der Waals surface area (Å²) in [6.07, 6.45) is 0. The van der Waals surface area contributed by atoms with Crippen LogP contribution in [0.3, 0.4) is 0 Å². The minimum atomic E-state index is -4.16. The van der Waals surface area contributed by atoms with E-state index in [0.717, 1.165) is 25.2 Å². The molecular weight excluding hydrogens is 302 g/mol. The summed E-state index contributed by atoms with van der Waals surface area (Å²) in [5.41, 5.74) is -0.00184. The maximum Gasteiger partial charge on any atom is 0.243 e. The molecule has 0 aliphatic carbocycles. The fourth-order valence-electron chi connectivity index (χ4n) is 1.86. The van der Waals surface area contributed by atoms with Gasteiger partial charge in [0.05, 0.1) is 6.61 Å². The third kappa shape index (κ3) is 4.70. The first-order valence-electron chi connectivity index (χ1n) is 6.66. The molecule has 0 bridgehead atoms. The van der Waals surface area contributed by atoms with E-state index in [0.29, 0.717) is 6.54 Å². The predicted molar refractivity (Wildman–Crippen MR) is 75.3 cm³/mol. The largest absolute Gasteiger partial charge is 0.392 e. The van der Waals surface area contributed by atoms with Crippen LogP contribution < -0.4 is 4.72 Å². The average molecular weight is 322 g/mol. The third-order valence-electron chi connectivity index (χ3n) is 3.14. The quantitative estimate of drug-likeness (QED) is 0.751. The number of hydrogen-bond acceptors (Lipinski definition) is 4. The molecule has 2 N–H and O–H groups in total. The molecule has 0 heterocycles. The van der Waals surface area contributed by atoms with E-state index in [1.54, 1.807) is 0 Å². The number of nitrogens with one attached hydrogen (secondary N) is 1. The van der Waals surface area contributed by atoms with Crippen molar-refractivity contribution in [2.45, 2.75) is 25.3 Å². The number of hydrogen-bond donors (Lipinski definition) is 2. The molecule has 0 spiro atoms. The molecule has 0 amide bonds. The zero-order chi connectivity index (χ0) is 16.0. The molecule has 1 aromatic carbocycles. The van der Waals surface area contributed by atoms with Crippen molar-refractivity contribution in [2.24, 2.45) is 0 Å². The van der Waals surface area contributed by atoms with Crippen LogP contribution in [0.5, 0.6) is 0 Å². The van der Waals surface area contributed by atoms with Crippen LogP contribution in [0.25, 0.3) is 0 Å². The Labute approximate surface area is 123 Å². The lowest BCUT2D eigenvalue weighted by atomic mass is 10.2. The van der Waals surface area contributed by atoms with Crippen LogP contribution in [0.2, 0.25) is 0 Å². The van der Waals surface area contributed by atoms with Gasteiger partial charge in [-0.2, -0.15) is 0 Å². The number of nitrogens with zero attached hydrogens (tertiary/aromatic N) is 1. The van der Waals surface area contributed by atoms with Crippen molar-refractivity contribution in [3.63, 3.8) is 0 Å². The molecule has 0 saturated heterocycles. The number of rotatable bonds is 8. The second-order valence-electron chi connectivity index (χ2n) is 4.47. The van der Waals surface area contributed by atoms with Crippen molar-refractivity contribution in [1.29, 1.82) is 0 Å². The molecule has 21 heavy (non-hydrogen) atoms. The minimum absolute atomic E-state index is 0.00184. The number of benzene rings is 1. The first kappa shape index (κ1) is 18.0. The lowest BCUT2D eigenvalue weighted by Crippen LogP contribution is -2.35. The maximum absolute atomic E-state index is 13.6. The van der Waals surface area contributed by atoms with E-state index < -0.39 is 33.2 Å². The molecule has 0 radical (unpaired) electrons. The monoisotopic (exact) mass is 322 g/mol. The minimum Gasteiger partial charge on any atom is -0.392 e. The Balaban J connectivity index is 2.90. The van der Waals surface area contributed by atoms with Crippen molar-refractivity contribution in [2.75, 3.05) is 26.2 Å². The van der Waals surface area contributed by atoms with Gasteiger partial charge in [-0.15, -0.1) is 0 Å². The van der Waals surface area contributed by atoms with Crippen molar-refractivity contribution < 1.29 is 22.3 Å². The van der Waals surface area contributed by atoms with E-state index in [2.05, 4.69) is 4.72 Å². The highest BCUT2D eigenvalue weighted by atomic mass is 32.2. The summed E-state index contributed by atoms with van der Waals surface area (Å²) in [7, 11) is -4.16. The molecule has 0 fully saturated rings. The number of sulfonamides is 1.